The molecule has 1 amide bonds. The summed E-state index contributed by atoms with van der Waals surface area (Å²) in [5.74, 6) is 0.929. The van der Waals surface area contributed by atoms with Crippen molar-refractivity contribution in [1.82, 2.24) is 10.2 Å². The van der Waals surface area contributed by atoms with E-state index in [0.29, 0.717) is 13.1 Å². The highest BCUT2D eigenvalue weighted by Gasteiger charge is 2.11. The van der Waals surface area contributed by atoms with Crippen LogP contribution in [-0.4, -0.2) is 37.6 Å². The molecule has 0 heterocycles. The van der Waals surface area contributed by atoms with E-state index in [-0.39, 0.29) is 11.9 Å². The second-order valence-electron chi connectivity index (χ2n) is 5.36. The lowest BCUT2D eigenvalue weighted by atomic mass is 10.1. The summed E-state index contributed by atoms with van der Waals surface area (Å²) < 4.78 is 5.36. The van der Waals surface area contributed by atoms with Crippen molar-refractivity contribution in [3.8, 4) is 5.75 Å². The minimum Gasteiger partial charge on any atom is -0.496 e. The molecule has 0 bridgehead atoms. The van der Waals surface area contributed by atoms with Crippen molar-refractivity contribution in [3.05, 3.63) is 29.3 Å². The van der Waals surface area contributed by atoms with Gasteiger partial charge in [0, 0.05) is 18.2 Å². The number of nitrogens with zero attached hydrogens (tertiary/aromatic N) is 1. The highest BCUT2D eigenvalue weighted by Crippen LogP contribution is 2.20. The molecule has 1 atom stereocenters. The first-order valence-corrected chi connectivity index (χ1v) is 7.07. The lowest BCUT2D eigenvalue weighted by Gasteiger charge is -2.19. The number of carbonyl (C=O) groups excluding carboxylic acids is 1. The first-order valence-electron chi connectivity index (χ1n) is 7.07. The highest BCUT2D eigenvalue weighted by molar-refractivity contribution is 5.78. The molecule has 1 aromatic carbocycles. The molecule has 0 radical (unpaired) electrons. The van der Waals surface area contributed by atoms with Gasteiger partial charge in [0.15, 0.2) is 0 Å². The Morgan fingerprint density at radius 1 is 1.45 bits per heavy atom. The van der Waals surface area contributed by atoms with Crippen LogP contribution in [0.25, 0.3) is 0 Å². The summed E-state index contributed by atoms with van der Waals surface area (Å²) >= 11 is 0. The SMILES string of the molecule is CC[C@@H](C)NC(=O)CN(C)Cc1cc(C)ccc1OC. The van der Waals surface area contributed by atoms with E-state index in [9.17, 15) is 4.79 Å². The molecule has 1 N–H and O–H groups in total. The molecule has 20 heavy (non-hydrogen) atoms. The van der Waals surface area contributed by atoms with Gasteiger partial charge in [0.25, 0.3) is 0 Å². The number of rotatable bonds is 7. The second-order valence-corrected chi connectivity index (χ2v) is 5.36. The van der Waals surface area contributed by atoms with Crippen LogP contribution in [0, 0.1) is 6.92 Å². The van der Waals surface area contributed by atoms with E-state index in [2.05, 4.69) is 25.2 Å². The van der Waals surface area contributed by atoms with E-state index in [0.717, 1.165) is 17.7 Å². The van der Waals surface area contributed by atoms with Crippen LogP contribution >= 0.6 is 0 Å². The zero-order chi connectivity index (χ0) is 15.1. The fourth-order valence-electron chi connectivity index (χ4n) is 2.05. The molecule has 0 aliphatic carbocycles. The van der Waals surface area contributed by atoms with E-state index >= 15 is 0 Å². The molecular formula is C16H26N2O2. The molecule has 0 unspecified atom stereocenters. The molecule has 0 saturated heterocycles. The predicted molar refractivity (Wildman–Crippen MR) is 82.0 cm³/mol. The summed E-state index contributed by atoms with van der Waals surface area (Å²) in [5, 5.41) is 2.97. The number of hydrogen-bond donors (Lipinski definition) is 1. The molecule has 0 aliphatic heterocycles. The van der Waals surface area contributed by atoms with Gasteiger partial charge in [-0.2, -0.15) is 0 Å². The van der Waals surface area contributed by atoms with Gasteiger partial charge in [-0.3, -0.25) is 9.69 Å². The van der Waals surface area contributed by atoms with E-state index in [1.165, 1.54) is 5.56 Å². The van der Waals surface area contributed by atoms with Crippen LogP contribution in [-0.2, 0) is 11.3 Å². The van der Waals surface area contributed by atoms with E-state index in [1.54, 1.807) is 7.11 Å². The minimum absolute atomic E-state index is 0.0634. The third-order valence-electron chi connectivity index (χ3n) is 3.31. The molecule has 0 aliphatic rings. The molecule has 1 aromatic rings. The maximum atomic E-state index is 11.9. The fourth-order valence-corrected chi connectivity index (χ4v) is 2.05. The fraction of sp³-hybridized carbons (Fsp3) is 0.562. The van der Waals surface area contributed by atoms with Crippen molar-refractivity contribution < 1.29 is 9.53 Å². The Morgan fingerprint density at radius 3 is 2.75 bits per heavy atom. The smallest absolute Gasteiger partial charge is 0.234 e. The summed E-state index contributed by atoms with van der Waals surface area (Å²) in [7, 11) is 3.61. The van der Waals surface area contributed by atoms with Gasteiger partial charge in [-0.15, -0.1) is 0 Å². The lowest BCUT2D eigenvalue weighted by molar-refractivity contribution is -0.122. The van der Waals surface area contributed by atoms with Gasteiger partial charge in [0.2, 0.25) is 5.91 Å². The number of likely N-dealkylation sites (N-methyl/N-ethyl adjacent to an activating group) is 1. The molecule has 0 aromatic heterocycles. The number of benzene rings is 1. The Labute approximate surface area is 122 Å². The summed E-state index contributed by atoms with van der Waals surface area (Å²) in [4.78, 5) is 13.8. The van der Waals surface area contributed by atoms with Crippen molar-refractivity contribution in [2.24, 2.45) is 0 Å². The summed E-state index contributed by atoms with van der Waals surface area (Å²) in [6.07, 6.45) is 0.946. The van der Waals surface area contributed by atoms with Crippen molar-refractivity contribution in [1.29, 1.82) is 0 Å². The van der Waals surface area contributed by atoms with E-state index in [4.69, 9.17) is 4.74 Å². The molecule has 112 valence electrons. The molecule has 0 saturated carbocycles. The number of amides is 1. The monoisotopic (exact) mass is 278 g/mol. The number of hydrogen-bond acceptors (Lipinski definition) is 3. The van der Waals surface area contributed by atoms with Crippen molar-refractivity contribution in [2.75, 3.05) is 20.7 Å². The Balaban J connectivity index is 2.60. The van der Waals surface area contributed by atoms with Gasteiger partial charge >= 0.3 is 0 Å². The van der Waals surface area contributed by atoms with Gasteiger partial charge in [-0.1, -0.05) is 24.6 Å². The Morgan fingerprint density at radius 2 is 2.15 bits per heavy atom. The Kier molecular flexibility index (Phi) is 6.52. The zero-order valence-electron chi connectivity index (χ0n) is 13.2. The van der Waals surface area contributed by atoms with Gasteiger partial charge in [0.1, 0.15) is 5.75 Å². The summed E-state index contributed by atoms with van der Waals surface area (Å²) in [6.45, 7) is 7.21. The van der Waals surface area contributed by atoms with Crippen LogP contribution < -0.4 is 10.1 Å². The van der Waals surface area contributed by atoms with Gasteiger partial charge in [-0.05, 0) is 33.4 Å². The first-order chi connectivity index (χ1) is 9.46. The quantitative estimate of drug-likeness (QED) is 0.832. The third kappa shape index (κ3) is 5.21. The molecule has 4 heteroatoms. The van der Waals surface area contributed by atoms with Gasteiger partial charge < -0.3 is 10.1 Å². The summed E-state index contributed by atoms with van der Waals surface area (Å²) in [6, 6.07) is 6.32. The van der Waals surface area contributed by atoms with E-state index in [1.807, 2.05) is 31.0 Å². The topological polar surface area (TPSA) is 41.6 Å². The molecule has 4 nitrogen and oxygen atoms in total. The lowest BCUT2D eigenvalue weighted by Crippen LogP contribution is -2.39. The van der Waals surface area contributed by atoms with Crippen molar-refractivity contribution >= 4 is 5.91 Å². The second kappa shape index (κ2) is 7.90. The maximum Gasteiger partial charge on any atom is 0.234 e. The van der Waals surface area contributed by atoms with Gasteiger partial charge in [-0.25, -0.2) is 0 Å². The minimum atomic E-state index is 0.0634. The largest absolute Gasteiger partial charge is 0.496 e. The molecular weight excluding hydrogens is 252 g/mol. The maximum absolute atomic E-state index is 11.9. The van der Waals surface area contributed by atoms with Gasteiger partial charge in [0.05, 0.1) is 13.7 Å². The van der Waals surface area contributed by atoms with Crippen LogP contribution in [0.2, 0.25) is 0 Å². The third-order valence-corrected chi connectivity index (χ3v) is 3.31. The molecule has 0 fully saturated rings. The summed E-state index contributed by atoms with van der Waals surface area (Å²) in [5.41, 5.74) is 2.30. The van der Waals surface area contributed by atoms with Crippen LogP contribution in [0.15, 0.2) is 18.2 Å². The zero-order valence-corrected chi connectivity index (χ0v) is 13.2. The molecule has 1 rings (SSSR count). The Hall–Kier alpha value is -1.55. The molecule has 0 spiro atoms. The number of aryl methyl sites for hydroxylation is 1. The van der Waals surface area contributed by atoms with Crippen LogP contribution in [0.1, 0.15) is 31.4 Å². The number of nitrogens with one attached hydrogen (secondary N) is 1. The standard InChI is InChI=1S/C16H26N2O2/c1-6-13(3)17-16(19)11-18(4)10-14-9-12(2)7-8-15(14)20-5/h7-9,13H,6,10-11H2,1-5H3,(H,17,19)/t13-/m1/s1. The number of ether oxygens (including phenoxy) is 1. The number of carbonyl (C=O) groups is 1. The predicted octanol–water partition coefficient (Wildman–Crippen LogP) is 2.35. The highest BCUT2D eigenvalue weighted by atomic mass is 16.5. The normalized spacial score (nSPS) is 12.3. The Bertz CT molecular complexity index is 446. The van der Waals surface area contributed by atoms with E-state index < -0.39 is 0 Å². The van der Waals surface area contributed by atoms with Crippen molar-refractivity contribution in [3.63, 3.8) is 0 Å². The van der Waals surface area contributed by atoms with Crippen molar-refractivity contribution in [2.45, 2.75) is 39.8 Å². The van der Waals surface area contributed by atoms with Crippen LogP contribution in [0.4, 0.5) is 0 Å². The van der Waals surface area contributed by atoms with Crippen LogP contribution in [0.3, 0.4) is 0 Å². The number of methoxy groups -OCH3 is 1. The average Bonchev–Trinajstić information content (AvgIpc) is 2.38. The average molecular weight is 278 g/mol. The first kappa shape index (κ1) is 16.5. The van der Waals surface area contributed by atoms with Crippen LogP contribution in [0.5, 0.6) is 5.75 Å².